The maximum absolute atomic E-state index is 10.3. The van der Waals surface area contributed by atoms with Crippen LogP contribution in [0.25, 0.3) is 0 Å². The molecule has 4 heteroatoms. The molecule has 3 aliphatic rings. The lowest BCUT2D eigenvalue weighted by molar-refractivity contribution is 0.00610. The average molecular weight is 347 g/mol. The Morgan fingerprint density at radius 1 is 1.16 bits per heavy atom. The first-order valence-corrected chi connectivity index (χ1v) is 10.3. The van der Waals surface area contributed by atoms with Gasteiger partial charge in [-0.25, -0.2) is 0 Å². The summed E-state index contributed by atoms with van der Waals surface area (Å²) >= 11 is 0. The van der Waals surface area contributed by atoms with Crippen LogP contribution in [-0.4, -0.2) is 41.3 Å². The molecule has 1 saturated carbocycles. The Balaban J connectivity index is 1.35. The Labute approximate surface area is 152 Å². The van der Waals surface area contributed by atoms with Gasteiger partial charge in [0.2, 0.25) is 0 Å². The summed E-state index contributed by atoms with van der Waals surface area (Å²) in [5, 5.41) is 14.3. The minimum Gasteiger partial charge on any atom is -0.469 e. The zero-order valence-corrected chi connectivity index (χ0v) is 15.8. The van der Waals surface area contributed by atoms with Crippen molar-refractivity contribution in [1.29, 1.82) is 0 Å². The molecular weight excluding hydrogens is 312 g/mol. The standard InChI is InChI=1S/C21H34N2O2/c1-21(2)13-17(16-9-12-25-20(16)14-21)22-15-7-10-23(11-8-15)18-5-3-4-6-19(18)24/h9,12,15,17-19,22,24H,3-8,10-11,13-14H2,1-2H3. The fourth-order valence-electron chi connectivity index (χ4n) is 5.32. The highest BCUT2D eigenvalue weighted by Crippen LogP contribution is 2.41. The Hall–Kier alpha value is -0.840. The van der Waals surface area contributed by atoms with Gasteiger partial charge in [0.25, 0.3) is 0 Å². The number of piperidine rings is 1. The van der Waals surface area contributed by atoms with Crippen molar-refractivity contribution in [2.75, 3.05) is 13.1 Å². The quantitative estimate of drug-likeness (QED) is 0.877. The Bertz CT molecular complexity index is 574. The lowest BCUT2D eigenvalue weighted by Gasteiger charge is -2.43. The van der Waals surface area contributed by atoms with Crippen LogP contribution in [0.2, 0.25) is 0 Å². The van der Waals surface area contributed by atoms with E-state index in [9.17, 15) is 5.11 Å². The van der Waals surface area contributed by atoms with Crippen molar-refractivity contribution < 1.29 is 9.52 Å². The number of hydrogen-bond acceptors (Lipinski definition) is 4. The highest BCUT2D eigenvalue weighted by atomic mass is 16.3. The predicted molar refractivity (Wildman–Crippen MR) is 99.5 cm³/mol. The number of rotatable bonds is 3. The van der Waals surface area contributed by atoms with Gasteiger partial charge in [-0.1, -0.05) is 26.7 Å². The van der Waals surface area contributed by atoms with Crippen LogP contribution in [0.1, 0.15) is 76.2 Å². The SMILES string of the molecule is CC1(C)Cc2occc2C(NC2CCN(C3CCCCC3O)CC2)C1. The van der Waals surface area contributed by atoms with E-state index in [0.717, 1.165) is 25.9 Å². The summed E-state index contributed by atoms with van der Waals surface area (Å²) in [6.45, 7) is 6.93. The Morgan fingerprint density at radius 3 is 2.68 bits per heavy atom. The number of aliphatic hydroxyl groups is 1. The van der Waals surface area contributed by atoms with Crippen LogP contribution in [0, 0.1) is 5.41 Å². The summed E-state index contributed by atoms with van der Waals surface area (Å²) in [5.41, 5.74) is 1.68. The number of fused-ring (bicyclic) bond motifs is 1. The van der Waals surface area contributed by atoms with Gasteiger partial charge in [-0.15, -0.1) is 0 Å². The molecule has 0 bridgehead atoms. The largest absolute Gasteiger partial charge is 0.469 e. The fourth-order valence-corrected chi connectivity index (χ4v) is 5.32. The van der Waals surface area contributed by atoms with Crippen molar-refractivity contribution in [1.82, 2.24) is 10.2 Å². The minimum absolute atomic E-state index is 0.106. The molecule has 0 amide bonds. The van der Waals surface area contributed by atoms with Gasteiger partial charge in [-0.2, -0.15) is 0 Å². The van der Waals surface area contributed by atoms with Gasteiger partial charge in [-0.05, 0) is 43.6 Å². The lowest BCUT2D eigenvalue weighted by Crippen LogP contribution is -2.52. The van der Waals surface area contributed by atoms with E-state index >= 15 is 0 Å². The monoisotopic (exact) mass is 346 g/mol. The summed E-state index contributed by atoms with van der Waals surface area (Å²) < 4.78 is 5.74. The third-order valence-electron chi connectivity index (χ3n) is 6.68. The molecule has 2 fully saturated rings. The summed E-state index contributed by atoms with van der Waals surface area (Å²) in [6, 6.07) is 3.58. The molecule has 1 saturated heterocycles. The molecule has 4 rings (SSSR count). The van der Waals surface area contributed by atoms with Gasteiger partial charge in [0, 0.05) is 43.2 Å². The Kier molecular flexibility index (Phi) is 4.96. The second-order valence-corrected chi connectivity index (χ2v) is 9.29. The third kappa shape index (κ3) is 3.81. The normalized spacial score (nSPS) is 34.0. The zero-order valence-electron chi connectivity index (χ0n) is 15.8. The predicted octanol–water partition coefficient (Wildman–Crippen LogP) is 3.65. The highest BCUT2D eigenvalue weighted by molar-refractivity contribution is 5.26. The van der Waals surface area contributed by atoms with E-state index in [2.05, 4.69) is 30.1 Å². The second kappa shape index (κ2) is 7.05. The lowest BCUT2D eigenvalue weighted by atomic mass is 9.74. The number of nitrogens with zero attached hydrogens (tertiary/aromatic N) is 1. The topological polar surface area (TPSA) is 48.6 Å². The molecule has 1 aliphatic heterocycles. The van der Waals surface area contributed by atoms with E-state index in [4.69, 9.17) is 4.42 Å². The molecule has 2 aliphatic carbocycles. The van der Waals surface area contributed by atoms with Gasteiger partial charge in [0.15, 0.2) is 0 Å². The molecule has 2 N–H and O–H groups in total. The first kappa shape index (κ1) is 17.6. The minimum atomic E-state index is -0.106. The molecule has 4 nitrogen and oxygen atoms in total. The van der Waals surface area contributed by atoms with Crippen molar-refractivity contribution >= 4 is 0 Å². The molecule has 1 aromatic rings. The molecule has 140 valence electrons. The first-order valence-electron chi connectivity index (χ1n) is 10.3. The molecule has 25 heavy (non-hydrogen) atoms. The molecule has 0 radical (unpaired) electrons. The molecular formula is C21H34N2O2. The smallest absolute Gasteiger partial charge is 0.109 e. The fraction of sp³-hybridized carbons (Fsp3) is 0.810. The van der Waals surface area contributed by atoms with Crippen LogP contribution in [0.4, 0.5) is 0 Å². The number of hydrogen-bond donors (Lipinski definition) is 2. The highest BCUT2D eigenvalue weighted by Gasteiger charge is 2.36. The van der Waals surface area contributed by atoms with Crippen molar-refractivity contribution in [2.45, 2.75) is 89.4 Å². The maximum atomic E-state index is 10.3. The molecule has 2 heterocycles. The van der Waals surface area contributed by atoms with Crippen LogP contribution >= 0.6 is 0 Å². The van der Waals surface area contributed by atoms with Crippen molar-refractivity contribution in [3.63, 3.8) is 0 Å². The summed E-state index contributed by atoms with van der Waals surface area (Å²) in [4.78, 5) is 2.55. The first-order chi connectivity index (χ1) is 12.0. The van der Waals surface area contributed by atoms with E-state index < -0.39 is 0 Å². The van der Waals surface area contributed by atoms with E-state index in [1.165, 1.54) is 49.8 Å². The van der Waals surface area contributed by atoms with Crippen LogP contribution in [0.3, 0.4) is 0 Å². The molecule has 3 unspecified atom stereocenters. The van der Waals surface area contributed by atoms with E-state index in [1.54, 1.807) is 0 Å². The van der Waals surface area contributed by atoms with Crippen molar-refractivity contribution in [3.05, 3.63) is 23.7 Å². The molecule has 3 atom stereocenters. The molecule has 0 aromatic carbocycles. The van der Waals surface area contributed by atoms with Gasteiger partial charge in [0.1, 0.15) is 5.76 Å². The molecule has 1 aromatic heterocycles. The van der Waals surface area contributed by atoms with Crippen LogP contribution in [0.5, 0.6) is 0 Å². The van der Waals surface area contributed by atoms with E-state index in [-0.39, 0.29) is 6.10 Å². The second-order valence-electron chi connectivity index (χ2n) is 9.29. The van der Waals surface area contributed by atoms with E-state index in [0.29, 0.717) is 23.5 Å². The van der Waals surface area contributed by atoms with Gasteiger partial charge < -0.3 is 14.8 Å². The number of aliphatic hydroxyl groups excluding tert-OH is 1. The number of furan rings is 1. The summed E-state index contributed by atoms with van der Waals surface area (Å²) in [7, 11) is 0. The van der Waals surface area contributed by atoms with Gasteiger partial charge in [0.05, 0.1) is 12.4 Å². The van der Waals surface area contributed by atoms with Crippen molar-refractivity contribution in [2.24, 2.45) is 5.41 Å². The Morgan fingerprint density at radius 2 is 1.92 bits per heavy atom. The number of nitrogens with one attached hydrogen (secondary N) is 1. The van der Waals surface area contributed by atoms with Gasteiger partial charge >= 0.3 is 0 Å². The van der Waals surface area contributed by atoms with Crippen molar-refractivity contribution in [3.8, 4) is 0 Å². The average Bonchev–Trinajstić information content (AvgIpc) is 3.03. The van der Waals surface area contributed by atoms with E-state index in [1.807, 2.05) is 6.26 Å². The van der Waals surface area contributed by atoms with Crippen LogP contribution in [0.15, 0.2) is 16.7 Å². The van der Waals surface area contributed by atoms with Crippen LogP contribution < -0.4 is 5.32 Å². The zero-order chi connectivity index (χ0) is 17.4. The van der Waals surface area contributed by atoms with Crippen LogP contribution in [-0.2, 0) is 6.42 Å². The summed E-state index contributed by atoms with van der Waals surface area (Å²) in [6.07, 6.45) is 11.0. The van der Waals surface area contributed by atoms with Gasteiger partial charge in [-0.3, -0.25) is 4.90 Å². The third-order valence-corrected chi connectivity index (χ3v) is 6.68. The number of likely N-dealkylation sites (tertiary alicyclic amines) is 1. The maximum Gasteiger partial charge on any atom is 0.109 e. The summed E-state index contributed by atoms with van der Waals surface area (Å²) in [5.74, 6) is 1.18. The molecule has 0 spiro atoms.